The van der Waals surface area contributed by atoms with E-state index in [0.29, 0.717) is 5.76 Å². The molecule has 1 amide bonds. The van der Waals surface area contributed by atoms with Crippen LogP contribution in [0.4, 0.5) is 5.00 Å². The van der Waals surface area contributed by atoms with E-state index in [2.05, 4.69) is 48.1 Å². The topological polar surface area (TPSA) is 58.0 Å². The highest BCUT2D eigenvalue weighted by molar-refractivity contribution is 7.16. The molecule has 1 aliphatic rings. The van der Waals surface area contributed by atoms with Crippen LogP contribution in [0.25, 0.3) is 0 Å². The summed E-state index contributed by atoms with van der Waals surface area (Å²) in [7, 11) is 3.84. The van der Waals surface area contributed by atoms with E-state index in [9.17, 15) is 4.79 Å². The Kier molecular flexibility index (Phi) is 6.46. The average molecular weight is 440 g/mol. The Labute approximate surface area is 187 Å². The van der Waals surface area contributed by atoms with Crippen molar-refractivity contribution in [1.82, 2.24) is 9.80 Å². The highest BCUT2D eigenvalue weighted by Crippen LogP contribution is 2.43. The number of likely N-dealkylation sites (N-methyl/N-ethyl adjacent to an activating group) is 1. The molecule has 3 heterocycles. The monoisotopic (exact) mass is 439 g/mol. The number of hydrogen-bond acceptors (Lipinski definition) is 6. The van der Waals surface area contributed by atoms with E-state index >= 15 is 0 Å². The summed E-state index contributed by atoms with van der Waals surface area (Å²) in [5.41, 5.74) is 3.58. The number of piperazine rings is 1. The second-order valence-electron chi connectivity index (χ2n) is 7.97. The van der Waals surface area contributed by atoms with Gasteiger partial charge in [0, 0.05) is 36.6 Å². The zero-order valence-corrected chi connectivity index (χ0v) is 19.3. The van der Waals surface area contributed by atoms with Crippen molar-refractivity contribution < 1.29 is 13.9 Å². The number of ether oxygens (including phenoxy) is 1. The molecule has 0 saturated carbocycles. The van der Waals surface area contributed by atoms with Crippen LogP contribution < -0.4 is 10.1 Å². The predicted molar refractivity (Wildman–Crippen MR) is 124 cm³/mol. The first kappa shape index (κ1) is 21.6. The van der Waals surface area contributed by atoms with Gasteiger partial charge in [0.1, 0.15) is 10.8 Å². The molecule has 1 aromatic carbocycles. The molecule has 0 bridgehead atoms. The van der Waals surface area contributed by atoms with E-state index in [1.165, 1.54) is 22.3 Å². The predicted octanol–water partition coefficient (Wildman–Crippen LogP) is 4.56. The highest BCUT2D eigenvalue weighted by atomic mass is 32.1. The Morgan fingerprint density at radius 1 is 1.13 bits per heavy atom. The van der Waals surface area contributed by atoms with Crippen molar-refractivity contribution in [3.05, 3.63) is 70.0 Å². The van der Waals surface area contributed by atoms with E-state index in [-0.39, 0.29) is 11.9 Å². The summed E-state index contributed by atoms with van der Waals surface area (Å²) in [4.78, 5) is 18.8. The van der Waals surface area contributed by atoms with E-state index < -0.39 is 0 Å². The average Bonchev–Trinajstić information content (AvgIpc) is 3.40. The van der Waals surface area contributed by atoms with Gasteiger partial charge < -0.3 is 19.4 Å². The molecule has 1 saturated heterocycles. The number of rotatable bonds is 6. The van der Waals surface area contributed by atoms with E-state index in [1.54, 1.807) is 30.6 Å². The lowest BCUT2D eigenvalue weighted by Crippen LogP contribution is -2.46. The molecular formula is C24H29N3O3S. The van der Waals surface area contributed by atoms with E-state index in [1.807, 2.05) is 12.1 Å². The van der Waals surface area contributed by atoms with Gasteiger partial charge in [0.2, 0.25) is 0 Å². The first-order chi connectivity index (χ1) is 15.0. The van der Waals surface area contributed by atoms with Gasteiger partial charge in [-0.1, -0.05) is 12.1 Å². The second-order valence-corrected chi connectivity index (χ2v) is 9.20. The van der Waals surface area contributed by atoms with Gasteiger partial charge in [-0.2, -0.15) is 0 Å². The summed E-state index contributed by atoms with van der Waals surface area (Å²) >= 11 is 1.63. The minimum Gasteiger partial charge on any atom is -0.497 e. The molecule has 1 fully saturated rings. The molecule has 2 aromatic heterocycles. The lowest BCUT2D eigenvalue weighted by Gasteiger charge is -2.39. The quantitative estimate of drug-likeness (QED) is 0.610. The Bertz CT molecular complexity index is 1020. The van der Waals surface area contributed by atoms with Crippen molar-refractivity contribution in [1.29, 1.82) is 0 Å². The number of anilines is 1. The van der Waals surface area contributed by atoms with Crippen LogP contribution in [0.15, 0.2) is 47.1 Å². The van der Waals surface area contributed by atoms with E-state index in [0.717, 1.165) is 42.5 Å². The number of aryl methyl sites for hydroxylation is 1. The zero-order valence-electron chi connectivity index (χ0n) is 18.5. The molecule has 4 rings (SSSR count). The molecule has 3 aromatic rings. The molecule has 1 atom stereocenters. The normalized spacial score (nSPS) is 16.3. The van der Waals surface area contributed by atoms with Crippen LogP contribution in [0.5, 0.6) is 5.75 Å². The molecule has 1 N–H and O–H groups in total. The second kappa shape index (κ2) is 9.26. The summed E-state index contributed by atoms with van der Waals surface area (Å²) in [5, 5.41) is 4.00. The summed E-state index contributed by atoms with van der Waals surface area (Å²) < 4.78 is 10.7. The first-order valence-electron chi connectivity index (χ1n) is 10.5. The van der Waals surface area contributed by atoms with Crippen molar-refractivity contribution in [2.24, 2.45) is 0 Å². The molecule has 0 radical (unpaired) electrons. The summed E-state index contributed by atoms with van der Waals surface area (Å²) in [6, 6.07) is 11.7. The number of nitrogens with one attached hydrogen (secondary N) is 1. The van der Waals surface area contributed by atoms with Gasteiger partial charge in [0.25, 0.3) is 5.91 Å². The number of carbonyl (C=O) groups is 1. The van der Waals surface area contributed by atoms with Crippen LogP contribution in [0.2, 0.25) is 0 Å². The lowest BCUT2D eigenvalue weighted by atomic mass is 9.94. The SMILES string of the molecule is COc1ccc(C(c2c(NC(=O)c3ccco3)sc(C)c2C)N2CCN(C)CC2)cc1. The third-order valence-corrected chi connectivity index (χ3v) is 7.15. The fraction of sp³-hybridized carbons (Fsp3) is 0.375. The van der Waals surface area contributed by atoms with Gasteiger partial charge >= 0.3 is 0 Å². The smallest absolute Gasteiger partial charge is 0.291 e. The van der Waals surface area contributed by atoms with Crippen LogP contribution in [-0.2, 0) is 0 Å². The Hall–Kier alpha value is -2.61. The molecule has 0 aliphatic carbocycles. The molecule has 31 heavy (non-hydrogen) atoms. The number of nitrogens with zero attached hydrogens (tertiary/aromatic N) is 2. The molecule has 0 spiro atoms. The first-order valence-corrected chi connectivity index (χ1v) is 11.3. The number of thiophene rings is 1. The van der Waals surface area contributed by atoms with Gasteiger partial charge in [-0.05, 0) is 56.3 Å². The molecule has 1 unspecified atom stereocenters. The largest absolute Gasteiger partial charge is 0.497 e. The van der Waals surface area contributed by atoms with Crippen molar-refractivity contribution in [2.75, 3.05) is 45.7 Å². The van der Waals surface area contributed by atoms with Gasteiger partial charge in [-0.25, -0.2) is 0 Å². The fourth-order valence-corrected chi connectivity index (χ4v) is 5.15. The number of benzene rings is 1. The third kappa shape index (κ3) is 4.54. The minimum atomic E-state index is -0.223. The number of amides is 1. The van der Waals surface area contributed by atoms with Crippen molar-refractivity contribution >= 4 is 22.2 Å². The number of hydrogen-bond donors (Lipinski definition) is 1. The maximum atomic E-state index is 12.8. The van der Waals surface area contributed by atoms with Crippen molar-refractivity contribution in [2.45, 2.75) is 19.9 Å². The molecule has 7 heteroatoms. The van der Waals surface area contributed by atoms with Gasteiger partial charge in [-0.15, -0.1) is 11.3 Å². The fourth-order valence-electron chi connectivity index (χ4n) is 4.07. The Morgan fingerprint density at radius 3 is 2.45 bits per heavy atom. The van der Waals surface area contributed by atoms with Crippen molar-refractivity contribution in [3.8, 4) is 5.75 Å². The standard InChI is InChI=1S/C24H29N3O3S/c1-16-17(2)31-24(25-23(28)20-6-5-15-30-20)21(16)22(27-13-11-26(3)12-14-27)18-7-9-19(29-4)10-8-18/h5-10,15,22H,11-14H2,1-4H3,(H,25,28). The lowest BCUT2D eigenvalue weighted by molar-refractivity contribution is 0.0996. The molecule has 6 nitrogen and oxygen atoms in total. The van der Waals surface area contributed by atoms with Crippen molar-refractivity contribution in [3.63, 3.8) is 0 Å². The Morgan fingerprint density at radius 2 is 1.84 bits per heavy atom. The number of methoxy groups -OCH3 is 1. The highest BCUT2D eigenvalue weighted by Gasteiger charge is 2.31. The van der Waals surface area contributed by atoms with Crippen LogP contribution in [0.3, 0.4) is 0 Å². The summed E-state index contributed by atoms with van der Waals surface area (Å²) in [6.45, 7) is 8.23. The molecule has 164 valence electrons. The van der Waals surface area contributed by atoms with Crippen LogP contribution in [-0.4, -0.2) is 56.0 Å². The third-order valence-electron chi connectivity index (χ3n) is 6.01. The van der Waals surface area contributed by atoms with Crippen LogP contribution >= 0.6 is 11.3 Å². The van der Waals surface area contributed by atoms with Crippen LogP contribution in [0.1, 0.15) is 38.2 Å². The number of furan rings is 1. The Balaban J connectivity index is 1.75. The van der Waals surface area contributed by atoms with Gasteiger partial charge in [-0.3, -0.25) is 9.69 Å². The summed E-state index contributed by atoms with van der Waals surface area (Å²) in [5.74, 6) is 0.931. The molecule has 1 aliphatic heterocycles. The maximum Gasteiger partial charge on any atom is 0.291 e. The summed E-state index contributed by atoms with van der Waals surface area (Å²) in [6.07, 6.45) is 1.52. The minimum absolute atomic E-state index is 0.0523. The van der Waals surface area contributed by atoms with Crippen LogP contribution in [0, 0.1) is 13.8 Å². The van der Waals surface area contributed by atoms with E-state index in [4.69, 9.17) is 9.15 Å². The zero-order chi connectivity index (χ0) is 22.0. The molecular weight excluding hydrogens is 410 g/mol. The van der Waals surface area contributed by atoms with Gasteiger partial charge in [0.15, 0.2) is 5.76 Å². The maximum absolute atomic E-state index is 12.8. The van der Waals surface area contributed by atoms with Gasteiger partial charge in [0.05, 0.1) is 19.4 Å². The number of carbonyl (C=O) groups excluding carboxylic acids is 1.